The first kappa shape index (κ1) is 20.7. The van der Waals surface area contributed by atoms with Crippen LogP contribution in [-0.4, -0.2) is 56.7 Å². The number of nitrogens with zero attached hydrogens (tertiary/aromatic N) is 2. The first-order valence-corrected chi connectivity index (χ1v) is 9.76. The van der Waals surface area contributed by atoms with E-state index in [0.717, 1.165) is 18.8 Å². The van der Waals surface area contributed by atoms with Crippen LogP contribution in [0.1, 0.15) is 12.0 Å². The van der Waals surface area contributed by atoms with Crippen molar-refractivity contribution >= 4 is 17.6 Å². The number of anilines is 1. The molecule has 29 heavy (non-hydrogen) atoms. The van der Waals surface area contributed by atoms with Gasteiger partial charge in [0.2, 0.25) is 5.91 Å². The topological polar surface area (TPSA) is 73.9 Å². The van der Waals surface area contributed by atoms with Gasteiger partial charge < -0.3 is 25.2 Å². The number of carbonyl (C=O) groups excluding carboxylic acids is 2. The van der Waals surface area contributed by atoms with Crippen LogP contribution in [0.15, 0.2) is 54.6 Å². The normalized spacial score (nSPS) is 16.2. The van der Waals surface area contributed by atoms with Gasteiger partial charge in [-0.3, -0.25) is 4.79 Å². The molecule has 3 amide bonds. The van der Waals surface area contributed by atoms with E-state index in [4.69, 9.17) is 4.74 Å². The number of amides is 3. The van der Waals surface area contributed by atoms with E-state index in [1.165, 1.54) is 5.56 Å². The predicted octanol–water partition coefficient (Wildman–Crippen LogP) is 2.23. The molecule has 0 aliphatic carbocycles. The molecule has 1 aliphatic rings. The SMILES string of the molecule is COc1cccc(N2CC(NC(=O)NCCN(C)Cc3ccccc3)CC2=O)c1. The van der Waals surface area contributed by atoms with Crippen molar-refractivity contribution in [1.29, 1.82) is 0 Å². The average molecular weight is 396 g/mol. The Kier molecular flexibility index (Phi) is 7.08. The van der Waals surface area contributed by atoms with Gasteiger partial charge in [-0.1, -0.05) is 36.4 Å². The number of hydrogen-bond acceptors (Lipinski definition) is 4. The molecule has 2 aromatic carbocycles. The van der Waals surface area contributed by atoms with E-state index >= 15 is 0 Å². The van der Waals surface area contributed by atoms with Crippen molar-refractivity contribution < 1.29 is 14.3 Å². The number of carbonyl (C=O) groups is 2. The molecule has 3 rings (SSSR count). The molecule has 0 bridgehead atoms. The highest BCUT2D eigenvalue weighted by Crippen LogP contribution is 2.25. The molecule has 7 heteroatoms. The highest BCUT2D eigenvalue weighted by molar-refractivity contribution is 5.97. The van der Waals surface area contributed by atoms with Crippen LogP contribution in [0, 0.1) is 0 Å². The summed E-state index contributed by atoms with van der Waals surface area (Å²) in [6.07, 6.45) is 0.290. The second-order valence-corrected chi connectivity index (χ2v) is 7.23. The molecular formula is C22H28N4O3. The summed E-state index contributed by atoms with van der Waals surface area (Å²) in [5.74, 6) is 0.690. The molecule has 0 saturated carbocycles. The Hall–Kier alpha value is -3.06. The van der Waals surface area contributed by atoms with E-state index in [0.29, 0.717) is 25.3 Å². The summed E-state index contributed by atoms with van der Waals surface area (Å²) < 4.78 is 5.22. The summed E-state index contributed by atoms with van der Waals surface area (Å²) in [5, 5.41) is 5.77. The standard InChI is InChI=1S/C22H28N4O3/c1-25(15-17-7-4-3-5-8-17)12-11-23-22(28)24-18-13-21(27)26(16-18)19-9-6-10-20(14-19)29-2/h3-10,14,18H,11-13,15-16H2,1-2H3,(H2,23,24,28). The lowest BCUT2D eigenvalue weighted by Crippen LogP contribution is -2.45. The molecule has 0 aromatic heterocycles. The van der Waals surface area contributed by atoms with Crippen molar-refractivity contribution in [3.05, 3.63) is 60.2 Å². The van der Waals surface area contributed by atoms with Crippen molar-refractivity contribution in [1.82, 2.24) is 15.5 Å². The Bertz CT molecular complexity index is 828. The van der Waals surface area contributed by atoms with Crippen LogP contribution in [0.25, 0.3) is 0 Å². The zero-order valence-electron chi connectivity index (χ0n) is 16.9. The first-order valence-electron chi connectivity index (χ1n) is 9.76. The smallest absolute Gasteiger partial charge is 0.315 e. The molecule has 1 saturated heterocycles. The third-order valence-electron chi connectivity index (χ3n) is 4.90. The Labute approximate surface area is 171 Å². The number of likely N-dealkylation sites (N-methyl/N-ethyl adjacent to an activating group) is 1. The quantitative estimate of drug-likeness (QED) is 0.718. The third-order valence-corrected chi connectivity index (χ3v) is 4.90. The van der Waals surface area contributed by atoms with Crippen molar-refractivity contribution in [3.8, 4) is 5.75 Å². The molecule has 1 atom stereocenters. The number of rotatable bonds is 8. The van der Waals surface area contributed by atoms with Crippen molar-refractivity contribution in [2.24, 2.45) is 0 Å². The van der Waals surface area contributed by atoms with Gasteiger partial charge in [-0.25, -0.2) is 4.79 Å². The number of benzene rings is 2. The van der Waals surface area contributed by atoms with Gasteiger partial charge in [-0.15, -0.1) is 0 Å². The first-order chi connectivity index (χ1) is 14.0. The number of methoxy groups -OCH3 is 1. The lowest BCUT2D eigenvalue weighted by molar-refractivity contribution is -0.117. The fourth-order valence-electron chi connectivity index (χ4n) is 3.40. The Balaban J connectivity index is 1.41. The molecule has 2 aromatic rings. The molecule has 1 aliphatic heterocycles. The monoisotopic (exact) mass is 396 g/mol. The van der Waals surface area contributed by atoms with Crippen molar-refractivity contribution in [3.63, 3.8) is 0 Å². The molecule has 1 unspecified atom stereocenters. The number of nitrogens with one attached hydrogen (secondary N) is 2. The summed E-state index contributed by atoms with van der Waals surface area (Å²) in [4.78, 5) is 28.4. The van der Waals surface area contributed by atoms with E-state index in [2.05, 4.69) is 27.7 Å². The maximum absolute atomic E-state index is 12.3. The van der Waals surface area contributed by atoms with E-state index in [9.17, 15) is 9.59 Å². The van der Waals surface area contributed by atoms with Gasteiger partial charge in [0.25, 0.3) is 0 Å². The largest absolute Gasteiger partial charge is 0.497 e. The predicted molar refractivity (Wildman–Crippen MR) is 113 cm³/mol. The fourth-order valence-corrected chi connectivity index (χ4v) is 3.40. The Morgan fingerprint density at radius 1 is 1.21 bits per heavy atom. The van der Waals surface area contributed by atoms with E-state index in [1.54, 1.807) is 12.0 Å². The van der Waals surface area contributed by atoms with Gasteiger partial charge in [0, 0.05) is 44.4 Å². The van der Waals surface area contributed by atoms with Crippen molar-refractivity contribution in [2.75, 3.05) is 38.7 Å². The van der Waals surface area contributed by atoms with E-state index in [1.807, 2.05) is 49.5 Å². The Morgan fingerprint density at radius 3 is 2.76 bits per heavy atom. The van der Waals surface area contributed by atoms with Gasteiger partial charge in [0.05, 0.1) is 13.2 Å². The lowest BCUT2D eigenvalue weighted by atomic mass is 10.2. The molecular weight excluding hydrogens is 368 g/mol. The van der Waals surface area contributed by atoms with Crippen LogP contribution < -0.4 is 20.3 Å². The van der Waals surface area contributed by atoms with Crippen LogP contribution in [-0.2, 0) is 11.3 Å². The van der Waals surface area contributed by atoms with Gasteiger partial charge in [0.1, 0.15) is 5.75 Å². The van der Waals surface area contributed by atoms with Gasteiger partial charge >= 0.3 is 6.03 Å². The van der Waals surface area contributed by atoms with E-state index < -0.39 is 0 Å². The second-order valence-electron chi connectivity index (χ2n) is 7.23. The van der Waals surface area contributed by atoms with Crippen LogP contribution in [0.2, 0.25) is 0 Å². The number of ether oxygens (including phenoxy) is 1. The zero-order chi connectivity index (χ0) is 20.6. The molecule has 7 nitrogen and oxygen atoms in total. The molecule has 1 fully saturated rings. The van der Waals surface area contributed by atoms with E-state index in [-0.39, 0.29) is 18.0 Å². The second kappa shape index (κ2) is 9.93. The Morgan fingerprint density at radius 2 is 2.00 bits per heavy atom. The molecule has 2 N–H and O–H groups in total. The molecule has 1 heterocycles. The zero-order valence-corrected chi connectivity index (χ0v) is 16.9. The highest BCUT2D eigenvalue weighted by atomic mass is 16.5. The van der Waals surface area contributed by atoms with Crippen LogP contribution in [0.4, 0.5) is 10.5 Å². The third kappa shape index (κ3) is 5.96. The van der Waals surface area contributed by atoms with Crippen LogP contribution in [0.3, 0.4) is 0 Å². The van der Waals surface area contributed by atoms with Crippen LogP contribution >= 0.6 is 0 Å². The summed E-state index contributed by atoms with van der Waals surface area (Å²) >= 11 is 0. The maximum Gasteiger partial charge on any atom is 0.315 e. The van der Waals surface area contributed by atoms with Gasteiger partial charge in [0.15, 0.2) is 0 Å². The number of hydrogen-bond donors (Lipinski definition) is 2. The number of urea groups is 1. The minimum Gasteiger partial charge on any atom is -0.497 e. The highest BCUT2D eigenvalue weighted by Gasteiger charge is 2.31. The van der Waals surface area contributed by atoms with Gasteiger partial charge in [-0.2, -0.15) is 0 Å². The fraction of sp³-hybridized carbons (Fsp3) is 0.364. The maximum atomic E-state index is 12.3. The summed E-state index contributed by atoms with van der Waals surface area (Å²) in [6.45, 7) is 2.56. The molecule has 0 spiro atoms. The average Bonchev–Trinajstić information content (AvgIpc) is 3.08. The minimum absolute atomic E-state index is 0.00820. The summed E-state index contributed by atoms with van der Waals surface area (Å²) in [5.41, 5.74) is 2.02. The summed E-state index contributed by atoms with van der Waals surface area (Å²) in [7, 11) is 3.62. The van der Waals surface area contributed by atoms with Crippen LogP contribution in [0.5, 0.6) is 5.75 Å². The lowest BCUT2D eigenvalue weighted by Gasteiger charge is -2.19. The molecule has 154 valence electrons. The molecule has 0 radical (unpaired) electrons. The van der Waals surface area contributed by atoms with Crippen molar-refractivity contribution in [2.45, 2.75) is 19.0 Å². The summed E-state index contributed by atoms with van der Waals surface area (Å²) in [6, 6.07) is 17.1. The van der Waals surface area contributed by atoms with Gasteiger partial charge in [-0.05, 0) is 24.7 Å². The minimum atomic E-state index is -0.247.